The summed E-state index contributed by atoms with van der Waals surface area (Å²) in [6, 6.07) is 4.46. The van der Waals surface area contributed by atoms with E-state index in [2.05, 4.69) is 29.1 Å². The van der Waals surface area contributed by atoms with Gasteiger partial charge in [-0.25, -0.2) is 0 Å². The second-order valence-corrected chi connectivity index (χ2v) is 13.6. The summed E-state index contributed by atoms with van der Waals surface area (Å²) in [5.41, 5.74) is 2.70. The van der Waals surface area contributed by atoms with Gasteiger partial charge in [0, 0.05) is 22.3 Å². The maximum Gasteiger partial charge on any atom is 0.310 e. The average molecular weight is 620 g/mol. The molecule has 1 spiro atoms. The zero-order valence-corrected chi connectivity index (χ0v) is 25.4. The van der Waals surface area contributed by atoms with Crippen LogP contribution < -0.4 is 4.90 Å². The van der Waals surface area contributed by atoms with Crippen molar-refractivity contribution in [3.63, 3.8) is 0 Å². The lowest BCUT2D eigenvalue weighted by Gasteiger charge is -2.39. The van der Waals surface area contributed by atoms with Gasteiger partial charge in [-0.1, -0.05) is 46.3 Å². The Labute approximate surface area is 244 Å². The van der Waals surface area contributed by atoms with Gasteiger partial charge in [-0.15, -0.1) is 24.9 Å². The third-order valence-corrected chi connectivity index (χ3v) is 11.5. The molecule has 2 amide bonds. The van der Waals surface area contributed by atoms with Crippen molar-refractivity contribution in [1.29, 1.82) is 0 Å². The number of alkyl halides is 1. The van der Waals surface area contributed by atoms with Crippen molar-refractivity contribution in [1.82, 2.24) is 4.90 Å². The van der Waals surface area contributed by atoms with Gasteiger partial charge >= 0.3 is 5.97 Å². The molecule has 7 nitrogen and oxygen atoms in total. The molecule has 9 heteroatoms. The number of anilines is 1. The van der Waals surface area contributed by atoms with Crippen molar-refractivity contribution >= 4 is 51.2 Å². The Morgan fingerprint density at radius 1 is 1.28 bits per heavy atom. The average Bonchev–Trinajstić information content (AvgIpc) is 3.50. The lowest BCUT2D eigenvalue weighted by atomic mass is 9.71. The molecule has 1 aromatic rings. The summed E-state index contributed by atoms with van der Waals surface area (Å²) < 4.78 is 4.89. The number of thioether (sulfide) groups is 1. The van der Waals surface area contributed by atoms with Crippen LogP contribution in [0.4, 0.5) is 5.69 Å². The Morgan fingerprint density at radius 3 is 2.59 bits per heavy atom. The van der Waals surface area contributed by atoms with Gasteiger partial charge in [0.1, 0.15) is 6.04 Å². The minimum Gasteiger partial charge on any atom is -0.465 e. The first-order valence-corrected chi connectivity index (χ1v) is 15.4. The van der Waals surface area contributed by atoms with Gasteiger partial charge in [-0.2, -0.15) is 0 Å². The van der Waals surface area contributed by atoms with Gasteiger partial charge in [-0.05, 0) is 57.6 Å². The molecule has 3 fully saturated rings. The van der Waals surface area contributed by atoms with E-state index in [9.17, 15) is 19.5 Å². The van der Waals surface area contributed by atoms with Crippen LogP contribution in [0.15, 0.2) is 43.5 Å². The molecule has 0 saturated carbocycles. The molecule has 3 heterocycles. The minimum atomic E-state index is -0.837. The number of esters is 1. The molecule has 0 radical (unpaired) electrons. The number of hydrogen-bond donors (Lipinski definition) is 1. The number of para-hydroxylation sites is 1. The lowest BCUT2D eigenvalue weighted by molar-refractivity contribution is -0.154. The van der Waals surface area contributed by atoms with E-state index in [1.54, 1.807) is 34.6 Å². The molecule has 4 rings (SSSR count). The number of allylic oxidation sites excluding steroid dienone is 1. The number of aliphatic hydroxyl groups excluding tert-OH is 1. The number of benzene rings is 1. The Kier molecular flexibility index (Phi) is 9.33. The van der Waals surface area contributed by atoms with Crippen LogP contribution in [0, 0.1) is 25.7 Å². The van der Waals surface area contributed by atoms with Gasteiger partial charge in [-0.3, -0.25) is 14.4 Å². The molecule has 7 atom stereocenters. The summed E-state index contributed by atoms with van der Waals surface area (Å²) in [5, 5.41) is 9.98. The number of ether oxygens (including phenoxy) is 1. The minimum absolute atomic E-state index is 0.0439. The summed E-state index contributed by atoms with van der Waals surface area (Å²) >= 11 is 5.36. The highest BCUT2D eigenvalue weighted by atomic mass is 79.9. The summed E-state index contributed by atoms with van der Waals surface area (Å²) in [6.07, 6.45) is 6.56. The number of carbonyl (C=O) groups is 3. The van der Waals surface area contributed by atoms with Crippen LogP contribution in [-0.2, 0) is 19.1 Å². The van der Waals surface area contributed by atoms with E-state index >= 15 is 0 Å². The van der Waals surface area contributed by atoms with Crippen molar-refractivity contribution in [2.45, 2.75) is 73.4 Å². The van der Waals surface area contributed by atoms with E-state index in [1.165, 1.54) is 0 Å². The first-order chi connectivity index (χ1) is 18.6. The standard InChI is InChI=1S/C30H39BrN2O5S/c1-6-8-9-10-15-38-29(37)22-23-27(35)33(20(5)17-34)26(30(23)16-21(31)25(22)39-30)28(36)32(14-7-2)24-18(3)12-11-13-19(24)4/h6-7,11-13,20-23,25-26,34H,1-2,8-10,14-17H2,3-5H3/t20-,21?,22-,23+,25-,26?,30?/m1/s1. The predicted octanol–water partition coefficient (Wildman–Crippen LogP) is 4.57. The first-order valence-electron chi connectivity index (χ1n) is 13.7. The van der Waals surface area contributed by atoms with E-state index in [0.717, 1.165) is 36.1 Å². The van der Waals surface area contributed by atoms with Crippen molar-refractivity contribution in [3.8, 4) is 0 Å². The number of hydrogen-bond acceptors (Lipinski definition) is 6. The molecule has 3 saturated heterocycles. The van der Waals surface area contributed by atoms with Gasteiger partial charge < -0.3 is 19.6 Å². The smallest absolute Gasteiger partial charge is 0.310 e. The fraction of sp³-hybridized carbons (Fsp3) is 0.567. The van der Waals surface area contributed by atoms with Crippen molar-refractivity contribution in [2.24, 2.45) is 11.8 Å². The number of unbranched alkanes of at least 4 members (excludes halogenated alkanes) is 2. The molecule has 3 unspecified atom stereocenters. The second kappa shape index (κ2) is 12.2. The highest BCUT2D eigenvalue weighted by molar-refractivity contribution is 9.09. The maximum absolute atomic E-state index is 14.6. The monoisotopic (exact) mass is 618 g/mol. The summed E-state index contributed by atoms with van der Waals surface area (Å²) in [6.45, 7) is 13.6. The number of fused-ring (bicyclic) bond motifs is 1. The number of nitrogens with zero attached hydrogens (tertiary/aromatic N) is 2. The quantitative estimate of drug-likeness (QED) is 0.160. The molecule has 2 bridgehead atoms. The van der Waals surface area contributed by atoms with Crippen LogP contribution in [0.25, 0.3) is 0 Å². The van der Waals surface area contributed by atoms with E-state index in [-0.39, 0.29) is 41.0 Å². The summed E-state index contributed by atoms with van der Waals surface area (Å²) in [5.74, 6) is -2.18. The van der Waals surface area contributed by atoms with Gasteiger partial charge in [0.15, 0.2) is 0 Å². The topological polar surface area (TPSA) is 87.2 Å². The Hall–Kier alpha value is -2.10. The van der Waals surface area contributed by atoms with Crippen LogP contribution in [-0.4, -0.2) is 74.5 Å². The zero-order chi connectivity index (χ0) is 28.5. The number of amides is 2. The number of aliphatic hydroxyl groups is 1. The van der Waals surface area contributed by atoms with Crippen LogP contribution >= 0.6 is 27.7 Å². The Morgan fingerprint density at radius 2 is 1.97 bits per heavy atom. The van der Waals surface area contributed by atoms with Crippen LogP contribution in [0.3, 0.4) is 0 Å². The molecule has 1 N–H and O–H groups in total. The molecule has 39 heavy (non-hydrogen) atoms. The van der Waals surface area contributed by atoms with Gasteiger partial charge in [0.2, 0.25) is 5.91 Å². The van der Waals surface area contributed by atoms with Gasteiger partial charge in [0.25, 0.3) is 5.91 Å². The molecular weight excluding hydrogens is 580 g/mol. The Balaban J connectivity index is 1.74. The predicted molar refractivity (Wildman–Crippen MR) is 159 cm³/mol. The van der Waals surface area contributed by atoms with Gasteiger partial charge in [0.05, 0.1) is 35.8 Å². The van der Waals surface area contributed by atoms with Crippen molar-refractivity contribution in [3.05, 3.63) is 54.6 Å². The molecule has 212 valence electrons. The number of rotatable bonds is 12. The SMILES string of the molecule is C=CCCCCOC(=O)[C@H]1[C@@H]2SC3(CC2Br)C(C(=O)N(CC=C)c2c(C)cccc2C)N([C@H](C)CO)C(=O)[C@H]13. The first kappa shape index (κ1) is 29.9. The fourth-order valence-corrected chi connectivity index (χ4v) is 10.2. The van der Waals surface area contributed by atoms with E-state index in [1.807, 2.05) is 38.1 Å². The highest BCUT2D eigenvalue weighted by Gasteiger charge is 2.76. The number of aryl methyl sites for hydroxylation is 2. The van der Waals surface area contributed by atoms with E-state index in [0.29, 0.717) is 13.0 Å². The Bertz CT molecular complexity index is 1120. The van der Waals surface area contributed by atoms with Crippen molar-refractivity contribution < 1.29 is 24.2 Å². The molecule has 0 aromatic heterocycles. The number of halogens is 1. The van der Waals surface area contributed by atoms with E-state index < -0.39 is 28.7 Å². The van der Waals surface area contributed by atoms with Crippen LogP contribution in [0.5, 0.6) is 0 Å². The number of likely N-dealkylation sites (tertiary alicyclic amines) is 1. The molecule has 1 aromatic carbocycles. The summed E-state index contributed by atoms with van der Waals surface area (Å²) in [7, 11) is 0. The molecule has 0 aliphatic carbocycles. The summed E-state index contributed by atoms with van der Waals surface area (Å²) in [4.78, 5) is 45.5. The largest absolute Gasteiger partial charge is 0.465 e. The molecule has 3 aliphatic heterocycles. The van der Waals surface area contributed by atoms with Crippen LogP contribution in [0.2, 0.25) is 0 Å². The molecular formula is C30H39BrN2O5S. The third kappa shape index (κ3) is 5.10. The second-order valence-electron chi connectivity index (χ2n) is 10.9. The van der Waals surface area contributed by atoms with E-state index in [4.69, 9.17) is 4.74 Å². The normalized spacial score (nSPS) is 29.7. The highest BCUT2D eigenvalue weighted by Crippen LogP contribution is 2.68. The number of carbonyl (C=O) groups excluding carboxylic acids is 3. The zero-order valence-electron chi connectivity index (χ0n) is 23.0. The van der Waals surface area contributed by atoms with Crippen molar-refractivity contribution in [2.75, 3.05) is 24.7 Å². The lowest BCUT2D eigenvalue weighted by Crippen LogP contribution is -2.57. The maximum atomic E-state index is 14.6. The van der Waals surface area contributed by atoms with Crippen LogP contribution in [0.1, 0.15) is 43.7 Å². The third-order valence-electron chi connectivity index (χ3n) is 8.31. The fourth-order valence-electron chi connectivity index (χ4n) is 6.64. The molecule has 3 aliphatic rings.